The van der Waals surface area contributed by atoms with Crippen LogP contribution in [0.5, 0.6) is 0 Å². The molecule has 1 spiro atoms. The molecule has 0 aromatic carbocycles. The summed E-state index contributed by atoms with van der Waals surface area (Å²) >= 11 is 1.58. The number of carbonyl (C=O) groups excluding carboxylic acids is 3. The van der Waals surface area contributed by atoms with E-state index < -0.39 is 22.6 Å². The van der Waals surface area contributed by atoms with E-state index in [1.54, 1.807) is 16.7 Å². The highest BCUT2D eigenvalue weighted by atomic mass is 32.2. The number of nitrogens with zero attached hydrogens (tertiary/aromatic N) is 2. The molecular weight excluding hydrogens is 428 g/mol. The summed E-state index contributed by atoms with van der Waals surface area (Å²) in [5.41, 5.74) is 0. The second kappa shape index (κ2) is 9.59. The average Bonchev–Trinajstić information content (AvgIpc) is 3.12. The average molecular weight is 463 g/mol. The first-order valence-electron chi connectivity index (χ1n) is 11.9. The van der Waals surface area contributed by atoms with E-state index in [2.05, 4.69) is 13.8 Å². The first kappa shape index (κ1) is 23.4. The maximum Gasteiger partial charge on any atom is 0.311 e. The van der Waals surface area contributed by atoms with Gasteiger partial charge in [0.1, 0.15) is 6.04 Å². The molecule has 0 radical (unpaired) electrons. The normalized spacial score (nSPS) is 35.0. The molecule has 0 aromatic rings. The van der Waals surface area contributed by atoms with Crippen LogP contribution in [0.4, 0.5) is 0 Å². The predicted molar refractivity (Wildman–Crippen MR) is 123 cm³/mol. The van der Waals surface area contributed by atoms with E-state index in [9.17, 15) is 19.5 Å². The summed E-state index contributed by atoms with van der Waals surface area (Å²) in [4.78, 5) is 44.4. The van der Waals surface area contributed by atoms with Crippen molar-refractivity contribution in [2.24, 2.45) is 11.8 Å². The lowest BCUT2D eigenvalue weighted by molar-refractivity contribution is -0.153. The van der Waals surface area contributed by atoms with Crippen LogP contribution in [0.1, 0.15) is 46.0 Å². The summed E-state index contributed by atoms with van der Waals surface area (Å²) < 4.78 is 4.71. The van der Waals surface area contributed by atoms with Gasteiger partial charge in [-0.15, -0.1) is 11.8 Å². The zero-order valence-electron chi connectivity index (χ0n) is 18.9. The Morgan fingerprint density at radius 2 is 2.06 bits per heavy atom. The zero-order valence-corrected chi connectivity index (χ0v) is 19.8. The maximum atomic E-state index is 14.0. The van der Waals surface area contributed by atoms with E-state index in [1.165, 1.54) is 0 Å². The summed E-state index contributed by atoms with van der Waals surface area (Å²) in [5.74, 6) is -1.71. The number of thioether (sulfide) groups is 1. The molecule has 4 aliphatic heterocycles. The van der Waals surface area contributed by atoms with E-state index >= 15 is 0 Å². The third-order valence-electron chi connectivity index (χ3n) is 7.20. The van der Waals surface area contributed by atoms with Crippen LogP contribution in [0.15, 0.2) is 24.3 Å². The van der Waals surface area contributed by atoms with Crippen molar-refractivity contribution in [2.45, 2.75) is 68.0 Å². The van der Waals surface area contributed by atoms with Crippen molar-refractivity contribution in [3.05, 3.63) is 24.3 Å². The topological polar surface area (TPSA) is 87.2 Å². The van der Waals surface area contributed by atoms with Gasteiger partial charge in [0.15, 0.2) is 0 Å². The molecular formula is C24H34N2O5S. The SMILES string of the molecule is CCCC(C)N1CC=C[C@]23S[C@@H]4C=CCCOC(=O)[C@@H]4[C@H]2C(=O)N(CCCCO)C3C1=O. The summed E-state index contributed by atoms with van der Waals surface area (Å²) in [5, 5.41) is 9.07. The van der Waals surface area contributed by atoms with Crippen molar-refractivity contribution < 1.29 is 24.2 Å². The fraction of sp³-hybridized carbons (Fsp3) is 0.708. The van der Waals surface area contributed by atoms with Crippen LogP contribution in [0.25, 0.3) is 0 Å². The molecule has 0 saturated carbocycles. The number of rotatable bonds is 7. The molecule has 4 aliphatic rings. The molecule has 8 heteroatoms. The van der Waals surface area contributed by atoms with Gasteiger partial charge in [-0.2, -0.15) is 0 Å². The van der Waals surface area contributed by atoms with Crippen molar-refractivity contribution in [2.75, 3.05) is 26.3 Å². The number of cyclic esters (lactones) is 1. The highest BCUT2D eigenvalue weighted by Gasteiger charge is 2.70. The van der Waals surface area contributed by atoms with Crippen LogP contribution >= 0.6 is 11.8 Å². The number of fused-ring (bicyclic) bond motifs is 2. The molecule has 4 rings (SSSR count). The van der Waals surface area contributed by atoms with Crippen molar-refractivity contribution >= 4 is 29.5 Å². The number of carbonyl (C=O) groups is 3. The molecule has 6 atom stereocenters. The summed E-state index contributed by atoms with van der Waals surface area (Å²) in [6, 6.07) is -0.568. The Morgan fingerprint density at radius 3 is 2.81 bits per heavy atom. The van der Waals surface area contributed by atoms with Gasteiger partial charge in [0.2, 0.25) is 11.8 Å². The number of unbranched alkanes of at least 4 members (excludes halogenated alkanes) is 1. The van der Waals surface area contributed by atoms with Crippen LogP contribution in [-0.2, 0) is 19.1 Å². The molecule has 32 heavy (non-hydrogen) atoms. The van der Waals surface area contributed by atoms with Gasteiger partial charge in [0.05, 0.1) is 23.2 Å². The number of amides is 2. The third-order valence-corrected chi connectivity index (χ3v) is 8.94. The van der Waals surface area contributed by atoms with Crippen LogP contribution in [-0.4, -0.2) is 81.1 Å². The van der Waals surface area contributed by atoms with Crippen molar-refractivity contribution in [3.63, 3.8) is 0 Å². The minimum Gasteiger partial charge on any atom is -0.465 e. The molecule has 1 N–H and O–H groups in total. The molecule has 2 unspecified atom stereocenters. The van der Waals surface area contributed by atoms with E-state index in [4.69, 9.17) is 4.74 Å². The molecule has 0 aliphatic carbocycles. The van der Waals surface area contributed by atoms with Crippen molar-refractivity contribution in [1.82, 2.24) is 9.80 Å². The highest BCUT2D eigenvalue weighted by molar-refractivity contribution is 8.02. The Kier molecular flexibility index (Phi) is 7.00. The van der Waals surface area contributed by atoms with E-state index in [0.29, 0.717) is 39.0 Å². The van der Waals surface area contributed by atoms with Crippen LogP contribution in [0.2, 0.25) is 0 Å². The number of likely N-dealkylation sites (tertiary alicyclic amines) is 1. The Balaban J connectivity index is 1.76. The van der Waals surface area contributed by atoms with E-state index in [0.717, 1.165) is 12.8 Å². The highest BCUT2D eigenvalue weighted by Crippen LogP contribution is 2.60. The Labute approximate surface area is 194 Å². The maximum absolute atomic E-state index is 14.0. The van der Waals surface area contributed by atoms with E-state index in [-0.39, 0.29) is 35.7 Å². The largest absolute Gasteiger partial charge is 0.465 e. The lowest BCUT2D eigenvalue weighted by Gasteiger charge is -2.37. The Morgan fingerprint density at radius 1 is 1.25 bits per heavy atom. The van der Waals surface area contributed by atoms with Crippen LogP contribution < -0.4 is 0 Å². The van der Waals surface area contributed by atoms with Gasteiger partial charge in [0.25, 0.3) is 0 Å². The fourth-order valence-electron chi connectivity index (χ4n) is 5.73. The molecule has 0 bridgehead atoms. The molecule has 0 aromatic heterocycles. The van der Waals surface area contributed by atoms with Gasteiger partial charge in [-0.3, -0.25) is 14.4 Å². The lowest BCUT2D eigenvalue weighted by atomic mass is 9.78. The number of ether oxygens (including phenoxy) is 1. The molecule has 2 saturated heterocycles. The minimum absolute atomic E-state index is 0.0325. The standard InChI is InChI=1S/C24H34N2O5S/c1-3-9-16(2)25-13-8-11-24-19(18-17(32-24)10-4-7-15-31-23(18)30)21(28)26(12-5-6-14-27)20(24)22(25)29/h4,8,10-11,16-20,27H,3,5-7,9,12-15H2,1-2H3/t16?,17-,18+,19+,20?,24+/m1/s1. The lowest BCUT2D eigenvalue weighted by Crippen LogP contribution is -2.55. The smallest absolute Gasteiger partial charge is 0.311 e. The number of hydrogen-bond donors (Lipinski definition) is 1. The molecule has 7 nitrogen and oxygen atoms in total. The molecule has 176 valence electrons. The van der Waals surface area contributed by atoms with Gasteiger partial charge in [-0.05, 0) is 32.6 Å². The van der Waals surface area contributed by atoms with E-state index in [1.807, 2.05) is 29.2 Å². The van der Waals surface area contributed by atoms with Gasteiger partial charge >= 0.3 is 5.97 Å². The second-order valence-corrected chi connectivity index (χ2v) is 10.7. The van der Waals surface area contributed by atoms with Gasteiger partial charge in [-0.1, -0.05) is 37.6 Å². The molecule has 2 amide bonds. The molecule has 2 fully saturated rings. The van der Waals surface area contributed by atoms with Crippen LogP contribution in [0, 0.1) is 11.8 Å². The number of esters is 1. The van der Waals surface area contributed by atoms with Gasteiger partial charge in [-0.25, -0.2) is 0 Å². The first-order chi connectivity index (χ1) is 15.5. The summed E-state index contributed by atoms with van der Waals surface area (Å²) in [6.45, 7) is 5.45. The van der Waals surface area contributed by atoms with Gasteiger partial charge < -0.3 is 19.6 Å². The third kappa shape index (κ3) is 3.79. The summed E-state index contributed by atoms with van der Waals surface area (Å²) in [7, 11) is 0. The number of hydrogen-bond acceptors (Lipinski definition) is 6. The van der Waals surface area contributed by atoms with Crippen molar-refractivity contribution in [3.8, 4) is 0 Å². The van der Waals surface area contributed by atoms with Gasteiger partial charge in [0, 0.05) is 31.0 Å². The zero-order chi connectivity index (χ0) is 22.9. The first-order valence-corrected chi connectivity index (χ1v) is 12.7. The Bertz CT molecular complexity index is 814. The number of aliphatic hydroxyl groups is 1. The molecule has 4 heterocycles. The monoisotopic (exact) mass is 462 g/mol. The Hall–Kier alpha value is -1.80. The fourth-order valence-corrected chi connectivity index (χ4v) is 7.73. The quantitative estimate of drug-likeness (QED) is 0.354. The van der Waals surface area contributed by atoms with Crippen LogP contribution in [0.3, 0.4) is 0 Å². The summed E-state index contributed by atoms with van der Waals surface area (Å²) in [6.07, 6.45) is 11.8. The minimum atomic E-state index is -0.781. The number of aliphatic hydroxyl groups excluding tert-OH is 1. The van der Waals surface area contributed by atoms with Crippen molar-refractivity contribution in [1.29, 1.82) is 0 Å². The second-order valence-electron chi connectivity index (χ2n) is 9.22. The predicted octanol–water partition coefficient (Wildman–Crippen LogP) is 2.15.